The smallest absolute Gasteiger partial charge is 0.224 e. The van der Waals surface area contributed by atoms with Gasteiger partial charge >= 0.3 is 0 Å². The number of aromatic nitrogens is 2. The molecule has 0 saturated carbocycles. The standard InChI is InChI=1S/C11H18N4O2S/c1-2-12-11-13-6-3-10(15-11)14-9-4-7-18(16,17)8-5-9/h3,6,9H,2,4-5,7-8H2,1H3,(H2,12,13,14,15). The summed E-state index contributed by atoms with van der Waals surface area (Å²) in [5.41, 5.74) is 0. The van der Waals surface area contributed by atoms with E-state index in [-0.39, 0.29) is 17.5 Å². The summed E-state index contributed by atoms with van der Waals surface area (Å²) < 4.78 is 22.6. The molecule has 2 rings (SSSR count). The first-order chi connectivity index (χ1) is 8.59. The number of nitrogens with one attached hydrogen (secondary N) is 2. The molecule has 0 bridgehead atoms. The summed E-state index contributed by atoms with van der Waals surface area (Å²) in [5.74, 6) is 1.85. The van der Waals surface area contributed by atoms with Gasteiger partial charge in [-0.15, -0.1) is 0 Å². The molecular formula is C11H18N4O2S. The highest BCUT2D eigenvalue weighted by Gasteiger charge is 2.23. The molecule has 1 saturated heterocycles. The average molecular weight is 270 g/mol. The van der Waals surface area contributed by atoms with Gasteiger partial charge in [-0.2, -0.15) is 4.98 Å². The minimum atomic E-state index is -2.81. The number of hydrogen-bond donors (Lipinski definition) is 2. The summed E-state index contributed by atoms with van der Waals surface area (Å²) in [6, 6.07) is 1.97. The summed E-state index contributed by atoms with van der Waals surface area (Å²) in [6.45, 7) is 2.75. The van der Waals surface area contributed by atoms with E-state index in [4.69, 9.17) is 0 Å². The molecule has 1 aromatic heterocycles. The third kappa shape index (κ3) is 3.56. The Morgan fingerprint density at radius 2 is 2.11 bits per heavy atom. The molecule has 0 unspecified atom stereocenters. The molecule has 0 radical (unpaired) electrons. The van der Waals surface area contributed by atoms with Crippen molar-refractivity contribution in [2.45, 2.75) is 25.8 Å². The van der Waals surface area contributed by atoms with Crippen molar-refractivity contribution in [3.05, 3.63) is 12.3 Å². The Bertz CT molecular complexity index is 490. The number of hydrogen-bond acceptors (Lipinski definition) is 6. The lowest BCUT2D eigenvalue weighted by molar-refractivity contribution is 0.559. The van der Waals surface area contributed by atoms with E-state index in [2.05, 4.69) is 20.6 Å². The molecule has 100 valence electrons. The van der Waals surface area contributed by atoms with Crippen LogP contribution >= 0.6 is 0 Å². The maximum absolute atomic E-state index is 11.3. The number of rotatable bonds is 4. The van der Waals surface area contributed by atoms with Gasteiger partial charge in [0.2, 0.25) is 5.95 Å². The molecule has 7 heteroatoms. The Hall–Kier alpha value is -1.37. The van der Waals surface area contributed by atoms with Gasteiger partial charge < -0.3 is 10.6 Å². The monoisotopic (exact) mass is 270 g/mol. The fourth-order valence-electron chi connectivity index (χ4n) is 1.93. The molecule has 1 aliphatic rings. The Morgan fingerprint density at radius 3 is 2.78 bits per heavy atom. The second-order valence-electron chi connectivity index (χ2n) is 4.37. The lowest BCUT2D eigenvalue weighted by Gasteiger charge is -2.23. The zero-order valence-corrected chi connectivity index (χ0v) is 11.2. The maximum atomic E-state index is 11.3. The topological polar surface area (TPSA) is 84.0 Å². The quantitative estimate of drug-likeness (QED) is 0.845. The number of sulfone groups is 1. The zero-order valence-electron chi connectivity index (χ0n) is 10.4. The molecular weight excluding hydrogens is 252 g/mol. The fraction of sp³-hybridized carbons (Fsp3) is 0.636. The van der Waals surface area contributed by atoms with Crippen molar-refractivity contribution >= 4 is 21.6 Å². The van der Waals surface area contributed by atoms with Crippen molar-refractivity contribution in [2.75, 3.05) is 28.7 Å². The second-order valence-corrected chi connectivity index (χ2v) is 6.67. The molecule has 0 atom stereocenters. The minimum Gasteiger partial charge on any atom is -0.367 e. The minimum absolute atomic E-state index is 0.179. The van der Waals surface area contributed by atoms with Crippen LogP contribution < -0.4 is 10.6 Å². The molecule has 0 aromatic carbocycles. The first-order valence-corrected chi connectivity index (χ1v) is 7.95. The molecule has 1 fully saturated rings. The van der Waals surface area contributed by atoms with Crippen LogP contribution in [-0.4, -0.2) is 42.5 Å². The molecule has 1 aliphatic heterocycles. The van der Waals surface area contributed by atoms with Gasteiger partial charge in [-0.1, -0.05) is 0 Å². The van der Waals surface area contributed by atoms with Crippen LogP contribution in [0.2, 0.25) is 0 Å². The third-order valence-electron chi connectivity index (χ3n) is 2.90. The van der Waals surface area contributed by atoms with Gasteiger partial charge in [0, 0.05) is 18.8 Å². The Balaban J connectivity index is 1.95. The van der Waals surface area contributed by atoms with Gasteiger partial charge in [-0.25, -0.2) is 13.4 Å². The van der Waals surface area contributed by atoms with Gasteiger partial charge in [0.05, 0.1) is 11.5 Å². The van der Waals surface area contributed by atoms with E-state index in [1.54, 1.807) is 12.3 Å². The van der Waals surface area contributed by atoms with Crippen molar-refractivity contribution in [1.82, 2.24) is 9.97 Å². The van der Waals surface area contributed by atoms with Crippen molar-refractivity contribution in [3.63, 3.8) is 0 Å². The molecule has 2 heterocycles. The summed E-state index contributed by atoms with van der Waals surface area (Å²) in [7, 11) is -2.81. The van der Waals surface area contributed by atoms with Crippen molar-refractivity contribution in [2.24, 2.45) is 0 Å². The van der Waals surface area contributed by atoms with E-state index in [0.29, 0.717) is 18.8 Å². The summed E-state index contributed by atoms with van der Waals surface area (Å²) in [6.07, 6.45) is 2.97. The lowest BCUT2D eigenvalue weighted by atomic mass is 10.1. The van der Waals surface area contributed by atoms with Crippen molar-refractivity contribution in [3.8, 4) is 0 Å². The highest BCUT2D eigenvalue weighted by Crippen LogP contribution is 2.16. The van der Waals surface area contributed by atoms with Crippen LogP contribution in [0.1, 0.15) is 19.8 Å². The van der Waals surface area contributed by atoms with Crippen LogP contribution in [0.5, 0.6) is 0 Å². The Morgan fingerprint density at radius 1 is 1.39 bits per heavy atom. The normalized spacial score (nSPS) is 19.4. The SMILES string of the molecule is CCNc1nccc(NC2CCS(=O)(=O)CC2)n1. The molecule has 18 heavy (non-hydrogen) atoms. The van der Waals surface area contributed by atoms with Gasteiger partial charge in [-0.05, 0) is 25.8 Å². The second kappa shape index (κ2) is 5.51. The van der Waals surface area contributed by atoms with Gasteiger partial charge in [-0.3, -0.25) is 0 Å². The van der Waals surface area contributed by atoms with E-state index >= 15 is 0 Å². The third-order valence-corrected chi connectivity index (χ3v) is 4.61. The van der Waals surface area contributed by atoms with E-state index in [1.165, 1.54) is 0 Å². The first-order valence-electron chi connectivity index (χ1n) is 6.13. The van der Waals surface area contributed by atoms with E-state index in [9.17, 15) is 8.42 Å². The zero-order chi connectivity index (χ0) is 13.0. The van der Waals surface area contributed by atoms with E-state index < -0.39 is 9.84 Å². The van der Waals surface area contributed by atoms with Crippen LogP contribution in [0.25, 0.3) is 0 Å². The summed E-state index contributed by atoms with van der Waals surface area (Å²) in [5, 5.41) is 6.30. The number of nitrogens with zero attached hydrogens (tertiary/aromatic N) is 2. The summed E-state index contributed by atoms with van der Waals surface area (Å²) >= 11 is 0. The van der Waals surface area contributed by atoms with E-state index in [1.807, 2.05) is 6.92 Å². The fourth-order valence-corrected chi connectivity index (χ4v) is 3.42. The molecule has 0 aliphatic carbocycles. The van der Waals surface area contributed by atoms with Gasteiger partial charge in [0.25, 0.3) is 0 Å². The highest BCUT2D eigenvalue weighted by atomic mass is 32.2. The van der Waals surface area contributed by atoms with E-state index in [0.717, 1.165) is 12.4 Å². The van der Waals surface area contributed by atoms with Crippen LogP contribution in [0.3, 0.4) is 0 Å². The highest BCUT2D eigenvalue weighted by molar-refractivity contribution is 7.91. The van der Waals surface area contributed by atoms with Crippen LogP contribution in [-0.2, 0) is 9.84 Å². The van der Waals surface area contributed by atoms with Crippen LogP contribution in [0.15, 0.2) is 12.3 Å². The summed E-state index contributed by atoms with van der Waals surface area (Å²) in [4.78, 5) is 8.40. The molecule has 6 nitrogen and oxygen atoms in total. The van der Waals surface area contributed by atoms with Crippen LogP contribution in [0.4, 0.5) is 11.8 Å². The predicted molar refractivity (Wildman–Crippen MR) is 71.5 cm³/mol. The Labute approximate surface area is 107 Å². The van der Waals surface area contributed by atoms with Gasteiger partial charge in [0.1, 0.15) is 15.7 Å². The molecule has 2 N–H and O–H groups in total. The maximum Gasteiger partial charge on any atom is 0.224 e. The average Bonchev–Trinajstić information content (AvgIpc) is 2.33. The molecule has 0 spiro atoms. The molecule has 0 amide bonds. The predicted octanol–water partition coefficient (Wildman–Crippen LogP) is 0.897. The van der Waals surface area contributed by atoms with Crippen LogP contribution in [0, 0.1) is 0 Å². The largest absolute Gasteiger partial charge is 0.367 e. The van der Waals surface area contributed by atoms with Crippen molar-refractivity contribution < 1.29 is 8.42 Å². The number of anilines is 2. The van der Waals surface area contributed by atoms with Gasteiger partial charge in [0.15, 0.2) is 0 Å². The van der Waals surface area contributed by atoms with Crippen molar-refractivity contribution in [1.29, 1.82) is 0 Å². The first kappa shape index (κ1) is 13.1. The lowest BCUT2D eigenvalue weighted by Crippen LogP contribution is -2.32. The molecule has 1 aromatic rings. The Kier molecular flexibility index (Phi) is 4.00.